The number of amides is 2. The summed E-state index contributed by atoms with van der Waals surface area (Å²) in [5, 5.41) is 6.63. The van der Waals surface area contributed by atoms with E-state index in [9.17, 15) is 9.59 Å². The van der Waals surface area contributed by atoms with E-state index in [-0.39, 0.29) is 24.7 Å². The van der Waals surface area contributed by atoms with Gasteiger partial charge < -0.3 is 0 Å². The molecule has 0 saturated carbocycles. The maximum absolute atomic E-state index is 14.0. The number of hydrogen-bond acceptors (Lipinski definition) is 2. The van der Waals surface area contributed by atoms with Gasteiger partial charge in [0, 0.05) is 0 Å². The predicted molar refractivity (Wildman–Crippen MR) is 261 cm³/mol. The van der Waals surface area contributed by atoms with Crippen molar-refractivity contribution < 1.29 is 25.8 Å². The first-order chi connectivity index (χ1) is 29.7. The van der Waals surface area contributed by atoms with Gasteiger partial charge in [-0.25, -0.2) is 0 Å². The van der Waals surface area contributed by atoms with Gasteiger partial charge in [-0.2, -0.15) is 0 Å². The Balaban J connectivity index is 1.51. The monoisotopic (exact) mass is 933 g/mol. The molecule has 6 aromatic rings. The second-order valence-corrected chi connectivity index (χ2v) is 38.7. The molecule has 0 saturated heterocycles. The van der Waals surface area contributed by atoms with E-state index in [1.807, 2.05) is 50.2 Å². The molecule has 6 aromatic carbocycles. The summed E-state index contributed by atoms with van der Waals surface area (Å²) >= 11 is -6.34. The molecular weight excluding hydrogens is 882 g/mol. The van der Waals surface area contributed by atoms with E-state index in [2.05, 4.69) is 149 Å². The summed E-state index contributed by atoms with van der Waals surface area (Å²) in [6, 6.07) is 42.5. The third-order valence-electron chi connectivity index (χ3n) is 13.9. The molecule has 2 unspecified atom stereocenters. The van der Waals surface area contributed by atoms with E-state index in [1.54, 1.807) is 0 Å². The predicted octanol–water partition coefficient (Wildman–Crippen LogP) is 13.8. The van der Waals surface area contributed by atoms with Gasteiger partial charge in [0.2, 0.25) is 0 Å². The van der Waals surface area contributed by atoms with Crippen LogP contribution < -0.4 is 10.5 Å². The van der Waals surface area contributed by atoms with Gasteiger partial charge >= 0.3 is 379 Å². The average molecular weight is 936 g/mol. The Bertz CT molecular complexity index is 2650. The molecule has 62 heavy (non-hydrogen) atoms. The van der Waals surface area contributed by atoms with Crippen molar-refractivity contribution in [2.45, 2.75) is 75.5 Å². The van der Waals surface area contributed by atoms with Crippen LogP contribution in [0.2, 0.25) is 0 Å². The number of allylic oxidation sites excluding steroid dienone is 2. The van der Waals surface area contributed by atoms with Gasteiger partial charge in [0.1, 0.15) is 0 Å². The fourth-order valence-electron chi connectivity index (χ4n) is 10.1. The Labute approximate surface area is 375 Å². The molecule has 0 fully saturated rings. The van der Waals surface area contributed by atoms with Gasteiger partial charge in [-0.3, -0.25) is 0 Å². The van der Waals surface area contributed by atoms with Crippen LogP contribution in [0, 0.1) is 41.5 Å². The average Bonchev–Trinajstić information content (AvgIpc) is 3.90. The SMILES string of the molecule is CCC(=O)N[B](NC(=O)CC)[Zr]([Cl])([Cl])([CH]1C(c2ccccc2)=Cc2c(-c3ccc(C)c(C)c3C)cccc21)[CH]1C(c2ccccc2)=Cc2c(-c3ccc(C)c(C)c3C)cccc21. The van der Waals surface area contributed by atoms with Crippen LogP contribution in [0.1, 0.15) is 101 Å². The summed E-state index contributed by atoms with van der Waals surface area (Å²) in [6.07, 6.45) is 4.95. The molecule has 0 bridgehead atoms. The summed E-state index contributed by atoms with van der Waals surface area (Å²) in [4.78, 5) is 28.0. The van der Waals surface area contributed by atoms with Crippen LogP contribution in [-0.2, 0) is 25.8 Å². The third-order valence-corrected chi connectivity index (χ3v) is 33.6. The molecule has 2 amide bonds. The van der Waals surface area contributed by atoms with Crippen LogP contribution in [0.15, 0.2) is 121 Å². The number of halogens is 2. The van der Waals surface area contributed by atoms with Crippen molar-refractivity contribution in [1.82, 2.24) is 10.5 Å². The Morgan fingerprint density at radius 2 is 0.887 bits per heavy atom. The third kappa shape index (κ3) is 7.31. The fourth-order valence-corrected chi connectivity index (χ4v) is 29.8. The second-order valence-electron chi connectivity index (χ2n) is 17.3. The number of nitrogens with one attached hydrogen (secondary N) is 2. The van der Waals surface area contributed by atoms with E-state index in [0.29, 0.717) is 0 Å². The zero-order chi connectivity index (χ0) is 44.1. The van der Waals surface area contributed by atoms with E-state index in [0.717, 1.165) is 66.8 Å². The number of hydrogen-bond donors (Lipinski definition) is 2. The first kappa shape index (κ1) is 43.9. The fraction of sp³-hybridized carbons (Fsp3) is 0.222. The van der Waals surface area contributed by atoms with E-state index >= 15 is 0 Å². The summed E-state index contributed by atoms with van der Waals surface area (Å²) < 4.78 is -2.23. The Kier molecular flexibility index (Phi) is 12.1. The molecule has 2 N–H and O–H groups in total. The van der Waals surface area contributed by atoms with Crippen molar-refractivity contribution in [3.05, 3.63) is 188 Å². The van der Waals surface area contributed by atoms with Crippen LogP contribution in [0.5, 0.6) is 0 Å². The normalized spacial score (nSPS) is 16.1. The molecule has 2 aliphatic carbocycles. The first-order valence-corrected chi connectivity index (χ1v) is 32.4. The summed E-state index contributed by atoms with van der Waals surface area (Å²) in [5.41, 5.74) is 19.9. The molecule has 313 valence electrons. The zero-order valence-electron chi connectivity index (χ0n) is 36.9. The molecule has 0 heterocycles. The molecule has 4 nitrogen and oxygen atoms in total. The van der Waals surface area contributed by atoms with Crippen molar-refractivity contribution in [3.63, 3.8) is 0 Å². The van der Waals surface area contributed by atoms with Gasteiger partial charge in [0.15, 0.2) is 0 Å². The van der Waals surface area contributed by atoms with Gasteiger partial charge in [-0.15, -0.1) is 0 Å². The van der Waals surface area contributed by atoms with Gasteiger partial charge in [0.05, 0.1) is 0 Å². The maximum atomic E-state index is 14.0. The zero-order valence-corrected chi connectivity index (χ0v) is 40.9. The van der Waals surface area contributed by atoms with Gasteiger partial charge in [0.25, 0.3) is 0 Å². The van der Waals surface area contributed by atoms with E-state index in [1.165, 1.54) is 33.4 Å². The second kappa shape index (κ2) is 17.1. The van der Waals surface area contributed by atoms with Crippen molar-refractivity contribution in [2.75, 3.05) is 0 Å². The molecule has 0 aromatic heterocycles. The van der Waals surface area contributed by atoms with Crippen molar-refractivity contribution in [1.29, 1.82) is 0 Å². The standard InChI is InChI=1S/2C24H21.C6H11BN2O2.2ClH.Zr/c2*1-16-12-13-22(18(3)17(16)2)23-11-7-10-20-14-21(15-24(20)23)19-8-5-4-6-9-19;1-3-5(10)8-7-9-6(11)4-2;;;/h2*4-15H,1-3H3;3-4H2,1-2H3,(H-,8,9,10,11);2*1H;/q;;;;;+1/p-1. The molecule has 2 atom stereocenters. The van der Waals surface area contributed by atoms with Crippen LogP contribution in [0.4, 0.5) is 0 Å². The van der Waals surface area contributed by atoms with Gasteiger partial charge in [-0.05, 0) is 0 Å². The topological polar surface area (TPSA) is 58.2 Å². The summed E-state index contributed by atoms with van der Waals surface area (Å²) in [5.74, 6) is -0.474. The molecule has 8 heteroatoms. The number of benzene rings is 6. The molecule has 0 radical (unpaired) electrons. The Morgan fingerprint density at radius 3 is 1.26 bits per heavy atom. The molecule has 0 spiro atoms. The van der Waals surface area contributed by atoms with Crippen molar-refractivity contribution in [2.24, 2.45) is 0 Å². The van der Waals surface area contributed by atoms with Crippen molar-refractivity contribution >= 4 is 56.7 Å². The number of carbonyl (C=O) groups excluding carboxylic acids is 2. The summed E-state index contributed by atoms with van der Waals surface area (Å²) in [7, 11) is 18.3. The Hall–Kier alpha value is -4.73. The van der Waals surface area contributed by atoms with Crippen LogP contribution >= 0.6 is 17.0 Å². The van der Waals surface area contributed by atoms with E-state index < -0.39 is 27.9 Å². The number of carbonyl (C=O) groups is 2. The van der Waals surface area contributed by atoms with E-state index in [4.69, 9.17) is 17.0 Å². The van der Waals surface area contributed by atoms with Crippen LogP contribution in [0.25, 0.3) is 45.6 Å². The quantitative estimate of drug-likeness (QED) is 0.127. The first-order valence-electron chi connectivity index (χ1n) is 21.8. The van der Waals surface area contributed by atoms with Crippen molar-refractivity contribution in [3.8, 4) is 22.3 Å². The Morgan fingerprint density at radius 1 is 0.500 bits per heavy atom. The molecule has 0 aliphatic heterocycles. The number of fused-ring (bicyclic) bond motifs is 2. The summed E-state index contributed by atoms with van der Waals surface area (Å²) in [6.45, 7) is 16.7. The van der Waals surface area contributed by atoms with Gasteiger partial charge in [-0.1, -0.05) is 0 Å². The molecule has 8 rings (SSSR count). The molecule has 2 aliphatic rings. The van der Waals surface area contributed by atoms with Crippen LogP contribution in [-0.4, -0.2) is 16.3 Å². The minimum absolute atomic E-state index is 0.190. The number of aryl methyl sites for hydroxylation is 2. The number of rotatable bonds is 11. The van der Waals surface area contributed by atoms with Crippen LogP contribution in [0.3, 0.4) is 0 Å². The molecular formula is C54H54BCl2N2O2Zr. The minimum atomic E-state index is -6.34.